The van der Waals surface area contributed by atoms with E-state index >= 15 is 0 Å². The van der Waals surface area contributed by atoms with E-state index in [4.69, 9.17) is 16.0 Å². The molecule has 3 aromatic heterocycles. The number of thiazole rings is 1. The highest BCUT2D eigenvalue weighted by atomic mass is 35.5. The number of nitrogens with zero attached hydrogens (tertiary/aromatic N) is 4. The maximum Gasteiger partial charge on any atom is 0.236 e. The highest BCUT2D eigenvalue weighted by Crippen LogP contribution is 2.29. The highest BCUT2D eigenvalue weighted by molar-refractivity contribution is 7.99. The van der Waals surface area contributed by atoms with E-state index in [0.717, 1.165) is 17.0 Å². The van der Waals surface area contributed by atoms with Crippen LogP contribution in [0.5, 0.6) is 0 Å². The van der Waals surface area contributed by atoms with Crippen molar-refractivity contribution in [3.8, 4) is 17.3 Å². The Bertz CT molecular complexity index is 1380. The summed E-state index contributed by atoms with van der Waals surface area (Å²) < 4.78 is 7.37. The van der Waals surface area contributed by atoms with Crippen LogP contribution in [0.3, 0.4) is 0 Å². The number of hydrogen-bond acceptors (Lipinski definition) is 7. The lowest BCUT2D eigenvalue weighted by molar-refractivity contribution is -0.113. The molecule has 10 heteroatoms. The van der Waals surface area contributed by atoms with Gasteiger partial charge in [0.1, 0.15) is 0 Å². The van der Waals surface area contributed by atoms with E-state index < -0.39 is 0 Å². The minimum atomic E-state index is -0.171. The quantitative estimate of drug-likeness (QED) is 0.261. The summed E-state index contributed by atoms with van der Waals surface area (Å²) in [6.45, 7) is 0. The van der Waals surface area contributed by atoms with Crippen molar-refractivity contribution in [2.24, 2.45) is 0 Å². The minimum absolute atomic E-state index is 0.150. The molecule has 0 aliphatic rings. The number of hydrogen-bond donors (Lipinski definition) is 1. The van der Waals surface area contributed by atoms with E-state index in [-0.39, 0.29) is 11.7 Å². The third kappa shape index (κ3) is 5.22. The number of nitrogens with one attached hydrogen (secondary N) is 1. The van der Waals surface area contributed by atoms with Gasteiger partial charge in [0.05, 0.1) is 12.0 Å². The van der Waals surface area contributed by atoms with E-state index in [2.05, 4.69) is 32.6 Å². The first-order valence-corrected chi connectivity index (χ1v) is 12.5. The summed E-state index contributed by atoms with van der Waals surface area (Å²) in [5.74, 6) is 1.10. The molecule has 0 saturated carbocycles. The Labute approximate surface area is 208 Å². The Morgan fingerprint density at radius 3 is 2.65 bits per heavy atom. The molecule has 0 aliphatic carbocycles. The molecule has 5 aromatic rings. The first-order chi connectivity index (χ1) is 16.7. The number of rotatable bonds is 8. The molecule has 5 rings (SSSR count). The Kier molecular flexibility index (Phi) is 6.75. The topological polar surface area (TPSA) is 85.8 Å². The van der Waals surface area contributed by atoms with Gasteiger partial charge in [-0.25, -0.2) is 4.98 Å². The molecule has 1 amide bonds. The number of aromatic nitrogens is 4. The van der Waals surface area contributed by atoms with Gasteiger partial charge in [-0.05, 0) is 42.0 Å². The molecule has 0 unspecified atom stereocenters. The smallest absolute Gasteiger partial charge is 0.236 e. The van der Waals surface area contributed by atoms with Gasteiger partial charge >= 0.3 is 0 Å². The third-order valence-electron chi connectivity index (χ3n) is 4.81. The Balaban J connectivity index is 1.28. The van der Waals surface area contributed by atoms with Crippen molar-refractivity contribution < 1.29 is 9.21 Å². The number of furan rings is 1. The molecule has 0 fully saturated rings. The van der Waals surface area contributed by atoms with E-state index in [0.29, 0.717) is 26.9 Å². The Morgan fingerprint density at radius 1 is 1.06 bits per heavy atom. The van der Waals surface area contributed by atoms with Crippen LogP contribution in [-0.2, 0) is 11.2 Å². The van der Waals surface area contributed by atoms with Crippen LogP contribution in [0.4, 0.5) is 5.13 Å². The maximum absolute atomic E-state index is 12.6. The molecular formula is C24H18ClN5O2S2. The SMILES string of the molecule is O=C(CSc1nnc(-c2ccco2)n1-c1ccc(Cl)cc1)Nc1ncc(Cc2ccccc2)s1. The summed E-state index contributed by atoms with van der Waals surface area (Å²) in [5, 5.41) is 13.2. The van der Waals surface area contributed by atoms with Gasteiger partial charge in [0, 0.05) is 28.2 Å². The lowest BCUT2D eigenvalue weighted by Crippen LogP contribution is -2.14. The number of thioether (sulfide) groups is 1. The second-order valence-electron chi connectivity index (χ2n) is 7.23. The molecule has 7 nitrogen and oxygen atoms in total. The second kappa shape index (κ2) is 10.3. The van der Waals surface area contributed by atoms with Crippen LogP contribution >= 0.6 is 34.7 Å². The molecule has 1 N–H and O–H groups in total. The highest BCUT2D eigenvalue weighted by Gasteiger charge is 2.19. The van der Waals surface area contributed by atoms with Gasteiger partial charge < -0.3 is 9.73 Å². The number of amides is 1. The van der Waals surface area contributed by atoms with Crippen molar-refractivity contribution in [1.29, 1.82) is 0 Å². The zero-order chi connectivity index (χ0) is 23.3. The summed E-state index contributed by atoms with van der Waals surface area (Å²) in [5.41, 5.74) is 2.02. The number of anilines is 1. The van der Waals surface area contributed by atoms with Crippen LogP contribution in [-0.4, -0.2) is 31.4 Å². The first-order valence-electron chi connectivity index (χ1n) is 10.3. The van der Waals surface area contributed by atoms with Crippen LogP contribution < -0.4 is 5.32 Å². The normalized spacial score (nSPS) is 11.0. The fourth-order valence-corrected chi connectivity index (χ4v) is 5.02. The average Bonchev–Trinajstić information content (AvgIpc) is 3.60. The van der Waals surface area contributed by atoms with E-state index in [1.165, 1.54) is 28.7 Å². The summed E-state index contributed by atoms with van der Waals surface area (Å²) in [6, 6.07) is 21.1. The molecule has 0 bridgehead atoms. The summed E-state index contributed by atoms with van der Waals surface area (Å²) in [6.07, 6.45) is 4.16. The van der Waals surface area contributed by atoms with Crippen LogP contribution in [0.25, 0.3) is 17.3 Å². The minimum Gasteiger partial charge on any atom is -0.461 e. The van der Waals surface area contributed by atoms with Crippen LogP contribution in [0.15, 0.2) is 88.8 Å². The second-order valence-corrected chi connectivity index (χ2v) is 9.72. The van der Waals surface area contributed by atoms with Gasteiger partial charge in [-0.2, -0.15) is 0 Å². The average molecular weight is 508 g/mol. The Hall–Kier alpha value is -3.40. The largest absolute Gasteiger partial charge is 0.461 e. The molecule has 0 radical (unpaired) electrons. The fourth-order valence-electron chi connectivity index (χ4n) is 3.28. The van der Waals surface area contributed by atoms with Gasteiger partial charge in [-0.3, -0.25) is 9.36 Å². The molecule has 170 valence electrons. The van der Waals surface area contributed by atoms with Gasteiger partial charge in [-0.15, -0.1) is 21.5 Å². The zero-order valence-electron chi connectivity index (χ0n) is 17.7. The molecule has 3 heterocycles. The predicted octanol–water partition coefficient (Wildman–Crippen LogP) is 5.96. The summed E-state index contributed by atoms with van der Waals surface area (Å²) in [7, 11) is 0. The third-order valence-corrected chi connectivity index (χ3v) is 6.91. The van der Waals surface area contributed by atoms with Crippen LogP contribution in [0.2, 0.25) is 5.02 Å². The van der Waals surface area contributed by atoms with Crippen molar-refractivity contribution in [2.45, 2.75) is 11.6 Å². The molecule has 0 aliphatic heterocycles. The molecule has 0 spiro atoms. The zero-order valence-corrected chi connectivity index (χ0v) is 20.1. The van der Waals surface area contributed by atoms with Gasteiger partial charge in [-0.1, -0.05) is 53.7 Å². The molecule has 34 heavy (non-hydrogen) atoms. The number of halogens is 1. The van der Waals surface area contributed by atoms with Crippen molar-refractivity contribution in [2.75, 3.05) is 11.1 Å². The maximum atomic E-state index is 12.6. The monoisotopic (exact) mass is 507 g/mol. The van der Waals surface area contributed by atoms with Crippen LogP contribution in [0.1, 0.15) is 10.4 Å². The summed E-state index contributed by atoms with van der Waals surface area (Å²) in [4.78, 5) is 18.0. The van der Waals surface area contributed by atoms with Crippen molar-refractivity contribution in [1.82, 2.24) is 19.7 Å². The van der Waals surface area contributed by atoms with Crippen molar-refractivity contribution >= 4 is 45.7 Å². The van der Waals surface area contributed by atoms with E-state index in [1.54, 1.807) is 30.7 Å². The predicted molar refractivity (Wildman–Crippen MR) is 135 cm³/mol. The number of carbonyl (C=O) groups excluding carboxylic acids is 1. The number of benzene rings is 2. The van der Waals surface area contributed by atoms with Crippen molar-refractivity contribution in [3.05, 3.63) is 94.7 Å². The lowest BCUT2D eigenvalue weighted by Gasteiger charge is -2.09. The Morgan fingerprint density at radius 2 is 1.88 bits per heavy atom. The lowest BCUT2D eigenvalue weighted by atomic mass is 10.1. The van der Waals surface area contributed by atoms with Gasteiger partial charge in [0.25, 0.3) is 0 Å². The molecule has 0 saturated heterocycles. The van der Waals surface area contributed by atoms with Gasteiger partial charge in [0.15, 0.2) is 16.0 Å². The molecule has 0 atom stereocenters. The van der Waals surface area contributed by atoms with Gasteiger partial charge in [0.2, 0.25) is 11.7 Å². The first kappa shape index (κ1) is 22.4. The summed E-state index contributed by atoms with van der Waals surface area (Å²) >= 11 is 8.81. The van der Waals surface area contributed by atoms with E-state index in [9.17, 15) is 4.79 Å². The van der Waals surface area contributed by atoms with E-state index in [1.807, 2.05) is 41.0 Å². The fraction of sp³-hybridized carbons (Fsp3) is 0.0833. The van der Waals surface area contributed by atoms with Crippen molar-refractivity contribution in [3.63, 3.8) is 0 Å². The number of carbonyl (C=O) groups is 1. The molecular weight excluding hydrogens is 490 g/mol. The standard InChI is InChI=1S/C24H18ClN5O2S2/c25-17-8-10-18(11-9-17)30-22(20-7-4-12-32-20)28-29-24(30)33-15-21(31)27-23-26-14-19(34-23)13-16-5-2-1-3-6-16/h1-12,14H,13,15H2,(H,26,27,31). The van der Waals surface area contributed by atoms with Crippen LogP contribution in [0, 0.1) is 0 Å². The molecule has 2 aromatic carbocycles.